The van der Waals surface area contributed by atoms with Crippen LogP contribution in [-0.2, 0) is 11.2 Å². The quantitative estimate of drug-likeness (QED) is 0.615. The molecule has 0 spiro atoms. The van der Waals surface area contributed by atoms with Crippen molar-refractivity contribution in [2.45, 2.75) is 25.3 Å². The summed E-state index contributed by atoms with van der Waals surface area (Å²) in [5.41, 5.74) is 7.87. The molecule has 0 bridgehead atoms. The summed E-state index contributed by atoms with van der Waals surface area (Å²) in [5, 5.41) is 3.13. The average molecular weight is 258 g/mol. The van der Waals surface area contributed by atoms with Gasteiger partial charge >= 0.3 is 0 Å². The number of rotatable bonds is 4. The third kappa shape index (κ3) is 2.70. The Morgan fingerprint density at radius 1 is 1.42 bits per heavy atom. The monoisotopic (exact) mass is 258 g/mol. The first-order valence-electron chi connectivity index (χ1n) is 6.69. The molecule has 0 unspecified atom stereocenters. The molecule has 1 aliphatic carbocycles. The van der Waals surface area contributed by atoms with Gasteiger partial charge in [-0.15, -0.1) is 0 Å². The highest BCUT2D eigenvalue weighted by atomic mass is 16.2. The van der Waals surface area contributed by atoms with E-state index in [2.05, 4.69) is 10.3 Å². The molecule has 1 aromatic carbocycles. The van der Waals surface area contributed by atoms with E-state index in [1.807, 2.05) is 24.3 Å². The summed E-state index contributed by atoms with van der Waals surface area (Å²) in [4.78, 5) is 18.0. The number of nitrogens with zero attached hydrogens (tertiary/aromatic N) is 2. The second-order valence-electron chi connectivity index (χ2n) is 5.04. The zero-order valence-electron chi connectivity index (χ0n) is 10.8. The summed E-state index contributed by atoms with van der Waals surface area (Å²) in [7, 11) is 0. The fourth-order valence-electron chi connectivity index (χ4n) is 2.31. The van der Waals surface area contributed by atoms with E-state index in [0.29, 0.717) is 31.5 Å². The van der Waals surface area contributed by atoms with Gasteiger partial charge < -0.3 is 16.0 Å². The largest absolute Gasteiger partial charge is 0.370 e. The van der Waals surface area contributed by atoms with Gasteiger partial charge in [0, 0.05) is 18.3 Å². The van der Waals surface area contributed by atoms with Crippen molar-refractivity contribution in [3.05, 3.63) is 29.8 Å². The number of anilines is 1. The SMILES string of the molecule is NC(=NCCN1C(=O)Cc2ccccc21)NC1CC1. The van der Waals surface area contributed by atoms with Gasteiger partial charge in [-0.3, -0.25) is 9.79 Å². The highest BCUT2D eigenvalue weighted by Gasteiger charge is 2.26. The van der Waals surface area contributed by atoms with Crippen molar-refractivity contribution in [2.75, 3.05) is 18.0 Å². The first-order valence-corrected chi connectivity index (χ1v) is 6.69. The van der Waals surface area contributed by atoms with Gasteiger partial charge in [-0.1, -0.05) is 18.2 Å². The van der Waals surface area contributed by atoms with Crippen LogP contribution in [0.4, 0.5) is 5.69 Å². The lowest BCUT2D eigenvalue weighted by Gasteiger charge is -2.16. The molecule has 0 saturated heterocycles. The van der Waals surface area contributed by atoms with Crippen molar-refractivity contribution in [1.29, 1.82) is 0 Å². The maximum atomic E-state index is 11.9. The van der Waals surface area contributed by atoms with E-state index < -0.39 is 0 Å². The molecule has 19 heavy (non-hydrogen) atoms. The predicted molar refractivity (Wildman–Crippen MR) is 75.1 cm³/mol. The molecule has 3 rings (SSSR count). The number of hydrogen-bond donors (Lipinski definition) is 2. The lowest BCUT2D eigenvalue weighted by atomic mass is 10.2. The molecule has 5 nitrogen and oxygen atoms in total. The van der Waals surface area contributed by atoms with Crippen LogP contribution in [0.25, 0.3) is 0 Å². The Hall–Kier alpha value is -2.04. The van der Waals surface area contributed by atoms with E-state index in [1.54, 1.807) is 4.90 Å². The number of hydrogen-bond acceptors (Lipinski definition) is 2. The number of nitrogens with two attached hydrogens (primary N) is 1. The van der Waals surface area contributed by atoms with E-state index in [4.69, 9.17) is 5.73 Å². The van der Waals surface area contributed by atoms with Gasteiger partial charge in [-0.05, 0) is 24.5 Å². The number of para-hydroxylation sites is 1. The van der Waals surface area contributed by atoms with E-state index in [-0.39, 0.29) is 5.91 Å². The Balaban J connectivity index is 1.59. The first-order chi connectivity index (χ1) is 9.24. The van der Waals surface area contributed by atoms with E-state index >= 15 is 0 Å². The third-order valence-electron chi connectivity index (χ3n) is 3.46. The highest BCUT2D eigenvalue weighted by molar-refractivity contribution is 6.01. The molecule has 1 aliphatic heterocycles. The number of benzene rings is 1. The lowest BCUT2D eigenvalue weighted by Crippen LogP contribution is -2.35. The van der Waals surface area contributed by atoms with Crippen LogP contribution in [0, 0.1) is 0 Å². The van der Waals surface area contributed by atoms with Crippen LogP contribution in [0.5, 0.6) is 0 Å². The number of nitrogens with one attached hydrogen (secondary N) is 1. The molecule has 0 aromatic heterocycles. The maximum Gasteiger partial charge on any atom is 0.231 e. The van der Waals surface area contributed by atoms with Gasteiger partial charge in [-0.25, -0.2) is 0 Å². The van der Waals surface area contributed by atoms with Gasteiger partial charge in [0.25, 0.3) is 0 Å². The van der Waals surface area contributed by atoms with Crippen LogP contribution in [0.15, 0.2) is 29.3 Å². The van der Waals surface area contributed by atoms with Crippen molar-refractivity contribution in [3.63, 3.8) is 0 Å². The van der Waals surface area contributed by atoms with Crippen LogP contribution >= 0.6 is 0 Å². The van der Waals surface area contributed by atoms with Gasteiger partial charge in [0.15, 0.2) is 5.96 Å². The smallest absolute Gasteiger partial charge is 0.231 e. The van der Waals surface area contributed by atoms with Crippen molar-refractivity contribution in [1.82, 2.24) is 5.32 Å². The van der Waals surface area contributed by atoms with Crippen LogP contribution in [0.1, 0.15) is 18.4 Å². The summed E-state index contributed by atoms with van der Waals surface area (Å²) in [6.45, 7) is 1.12. The lowest BCUT2D eigenvalue weighted by molar-refractivity contribution is -0.117. The van der Waals surface area contributed by atoms with Crippen molar-refractivity contribution >= 4 is 17.6 Å². The van der Waals surface area contributed by atoms with Gasteiger partial charge in [-0.2, -0.15) is 0 Å². The van der Waals surface area contributed by atoms with E-state index in [1.165, 1.54) is 12.8 Å². The third-order valence-corrected chi connectivity index (χ3v) is 3.46. The van der Waals surface area contributed by atoms with Crippen molar-refractivity contribution < 1.29 is 4.79 Å². The molecule has 100 valence electrons. The second-order valence-corrected chi connectivity index (χ2v) is 5.04. The Kier molecular flexibility index (Phi) is 3.11. The average Bonchev–Trinajstić information content (AvgIpc) is 3.14. The molecule has 2 aliphatic rings. The van der Waals surface area contributed by atoms with Crippen LogP contribution in [-0.4, -0.2) is 31.0 Å². The number of amides is 1. The summed E-state index contributed by atoms with van der Waals surface area (Å²) in [6, 6.07) is 8.41. The molecular formula is C14H18N4O. The number of aliphatic imine (C=N–C) groups is 1. The van der Waals surface area contributed by atoms with E-state index in [9.17, 15) is 4.79 Å². The summed E-state index contributed by atoms with van der Waals surface area (Å²) >= 11 is 0. The Bertz CT molecular complexity index is 522. The Labute approximate surface area is 112 Å². The van der Waals surface area contributed by atoms with Crippen molar-refractivity contribution in [2.24, 2.45) is 10.7 Å². The Morgan fingerprint density at radius 3 is 3.00 bits per heavy atom. The number of guanidine groups is 1. The first kappa shape index (κ1) is 12.0. The minimum Gasteiger partial charge on any atom is -0.370 e. The molecule has 1 saturated carbocycles. The standard InChI is InChI=1S/C14H18N4O/c15-14(17-11-5-6-11)16-7-8-18-12-4-2-1-3-10(12)9-13(18)19/h1-4,11H,5-9H2,(H3,15,16,17). The van der Waals surface area contributed by atoms with E-state index in [0.717, 1.165) is 11.3 Å². The molecule has 1 aromatic rings. The number of carbonyl (C=O) groups is 1. The van der Waals surface area contributed by atoms with Crippen molar-refractivity contribution in [3.8, 4) is 0 Å². The maximum absolute atomic E-state index is 11.9. The zero-order valence-corrected chi connectivity index (χ0v) is 10.8. The summed E-state index contributed by atoms with van der Waals surface area (Å²) in [6.07, 6.45) is 2.85. The normalized spacial score (nSPS) is 18.6. The minimum absolute atomic E-state index is 0.144. The summed E-state index contributed by atoms with van der Waals surface area (Å²) in [5.74, 6) is 0.632. The molecule has 0 atom stereocenters. The minimum atomic E-state index is 0.144. The van der Waals surface area contributed by atoms with Gasteiger partial charge in [0.05, 0.1) is 13.0 Å². The fourth-order valence-corrected chi connectivity index (χ4v) is 2.31. The Morgan fingerprint density at radius 2 is 2.21 bits per heavy atom. The van der Waals surface area contributed by atoms with Gasteiger partial charge in [0.2, 0.25) is 5.91 Å². The molecule has 3 N–H and O–H groups in total. The topological polar surface area (TPSA) is 70.7 Å². The fraction of sp³-hybridized carbons (Fsp3) is 0.429. The second kappa shape index (κ2) is 4.91. The molecule has 1 amide bonds. The molecule has 0 radical (unpaired) electrons. The molecule has 1 fully saturated rings. The molecule has 5 heteroatoms. The number of fused-ring (bicyclic) bond motifs is 1. The predicted octanol–water partition coefficient (Wildman–Crippen LogP) is 0.642. The summed E-state index contributed by atoms with van der Waals surface area (Å²) < 4.78 is 0. The van der Waals surface area contributed by atoms with Crippen LogP contribution < -0.4 is 16.0 Å². The molecule has 1 heterocycles. The zero-order chi connectivity index (χ0) is 13.2. The highest BCUT2D eigenvalue weighted by Crippen LogP contribution is 2.27. The van der Waals surface area contributed by atoms with Crippen LogP contribution in [0.3, 0.4) is 0 Å². The van der Waals surface area contributed by atoms with Gasteiger partial charge in [0.1, 0.15) is 0 Å². The van der Waals surface area contributed by atoms with Crippen LogP contribution in [0.2, 0.25) is 0 Å². The molecular weight excluding hydrogens is 240 g/mol. The number of carbonyl (C=O) groups excluding carboxylic acids is 1.